The van der Waals surface area contributed by atoms with Crippen molar-refractivity contribution in [2.75, 3.05) is 12.4 Å². The number of aryl methyl sites for hydroxylation is 2. The third-order valence-electron chi connectivity index (χ3n) is 3.33. The summed E-state index contributed by atoms with van der Waals surface area (Å²) in [5.41, 5.74) is 3.90. The van der Waals surface area contributed by atoms with Gasteiger partial charge in [-0.2, -0.15) is 0 Å². The van der Waals surface area contributed by atoms with Gasteiger partial charge in [0.05, 0.1) is 12.7 Å². The molecule has 2 aromatic carbocycles. The van der Waals surface area contributed by atoms with E-state index in [1.165, 1.54) is 7.11 Å². The molecule has 2 rings (SSSR count). The second-order valence-corrected chi connectivity index (χ2v) is 4.82. The van der Waals surface area contributed by atoms with Gasteiger partial charge >= 0.3 is 5.97 Å². The van der Waals surface area contributed by atoms with Crippen LogP contribution in [0, 0.1) is 13.8 Å². The van der Waals surface area contributed by atoms with Crippen LogP contribution in [0.5, 0.6) is 0 Å². The highest BCUT2D eigenvalue weighted by molar-refractivity contribution is 6.04. The minimum Gasteiger partial charge on any atom is -0.465 e. The summed E-state index contributed by atoms with van der Waals surface area (Å²) in [6.45, 7) is 3.97. The molecule has 0 fully saturated rings. The number of benzene rings is 2. The number of carbonyl (C=O) groups is 2. The van der Waals surface area contributed by atoms with Crippen LogP contribution in [-0.2, 0) is 4.74 Å². The van der Waals surface area contributed by atoms with Crippen molar-refractivity contribution in [2.45, 2.75) is 13.8 Å². The van der Waals surface area contributed by atoms with Crippen molar-refractivity contribution in [1.29, 1.82) is 0 Å². The number of rotatable bonds is 3. The highest BCUT2D eigenvalue weighted by atomic mass is 16.5. The van der Waals surface area contributed by atoms with Crippen LogP contribution in [0.4, 0.5) is 5.69 Å². The predicted molar refractivity (Wildman–Crippen MR) is 81.7 cm³/mol. The van der Waals surface area contributed by atoms with Crippen LogP contribution in [0.3, 0.4) is 0 Å². The summed E-state index contributed by atoms with van der Waals surface area (Å²) in [7, 11) is 1.33. The van der Waals surface area contributed by atoms with Crippen molar-refractivity contribution >= 4 is 17.6 Å². The monoisotopic (exact) mass is 283 g/mol. The van der Waals surface area contributed by atoms with E-state index in [1.54, 1.807) is 30.3 Å². The molecule has 2 aromatic rings. The lowest BCUT2D eigenvalue weighted by atomic mass is 10.1. The molecule has 1 amide bonds. The van der Waals surface area contributed by atoms with Gasteiger partial charge in [0.25, 0.3) is 5.91 Å². The molecule has 0 saturated carbocycles. The zero-order valence-electron chi connectivity index (χ0n) is 12.3. The molecule has 0 aromatic heterocycles. The van der Waals surface area contributed by atoms with E-state index in [4.69, 9.17) is 0 Å². The summed E-state index contributed by atoms with van der Waals surface area (Å²) in [6, 6.07) is 12.1. The van der Waals surface area contributed by atoms with Gasteiger partial charge < -0.3 is 10.1 Å². The van der Waals surface area contributed by atoms with Gasteiger partial charge in [-0.3, -0.25) is 4.79 Å². The fraction of sp³-hybridized carbons (Fsp3) is 0.176. The molecule has 4 heteroatoms. The maximum atomic E-state index is 12.1. The Kier molecular flexibility index (Phi) is 4.38. The molecule has 0 atom stereocenters. The Bertz CT molecular complexity index is 675. The number of methoxy groups -OCH3 is 1. The second-order valence-electron chi connectivity index (χ2n) is 4.82. The van der Waals surface area contributed by atoms with E-state index in [-0.39, 0.29) is 5.91 Å². The van der Waals surface area contributed by atoms with Crippen LogP contribution in [0.1, 0.15) is 31.8 Å². The van der Waals surface area contributed by atoms with Crippen LogP contribution in [0.25, 0.3) is 0 Å². The molecular formula is C17H17NO3. The summed E-state index contributed by atoms with van der Waals surface area (Å²) in [6.07, 6.45) is 0. The summed E-state index contributed by atoms with van der Waals surface area (Å²) < 4.78 is 4.62. The SMILES string of the molecule is COC(=O)c1ccc(NC(=O)c2ccc(C)c(C)c2)cc1. The highest BCUT2D eigenvalue weighted by Crippen LogP contribution is 2.14. The molecule has 0 unspecified atom stereocenters. The summed E-state index contributed by atoms with van der Waals surface area (Å²) in [5, 5.41) is 2.80. The van der Waals surface area contributed by atoms with Crippen molar-refractivity contribution in [3.05, 3.63) is 64.7 Å². The zero-order valence-corrected chi connectivity index (χ0v) is 12.3. The smallest absolute Gasteiger partial charge is 0.337 e. The minimum atomic E-state index is -0.401. The molecular weight excluding hydrogens is 266 g/mol. The van der Waals surface area contributed by atoms with E-state index in [9.17, 15) is 9.59 Å². The number of carbonyl (C=O) groups excluding carboxylic acids is 2. The third kappa shape index (κ3) is 3.48. The van der Waals surface area contributed by atoms with Gasteiger partial charge in [0.15, 0.2) is 0 Å². The number of esters is 1. The van der Waals surface area contributed by atoms with Gasteiger partial charge in [-0.25, -0.2) is 4.79 Å². The fourth-order valence-corrected chi connectivity index (χ4v) is 1.89. The Hall–Kier alpha value is -2.62. The number of anilines is 1. The summed E-state index contributed by atoms with van der Waals surface area (Å²) >= 11 is 0. The summed E-state index contributed by atoms with van der Waals surface area (Å²) in [4.78, 5) is 23.5. The zero-order chi connectivity index (χ0) is 15.4. The first-order valence-corrected chi connectivity index (χ1v) is 6.58. The number of nitrogens with one attached hydrogen (secondary N) is 1. The number of amides is 1. The van der Waals surface area contributed by atoms with Gasteiger partial charge in [0.1, 0.15) is 0 Å². The lowest BCUT2D eigenvalue weighted by molar-refractivity contribution is 0.0600. The van der Waals surface area contributed by atoms with E-state index in [0.29, 0.717) is 16.8 Å². The Morgan fingerprint density at radius 3 is 2.10 bits per heavy atom. The van der Waals surface area contributed by atoms with E-state index in [1.807, 2.05) is 26.0 Å². The van der Waals surface area contributed by atoms with Crippen LogP contribution < -0.4 is 5.32 Å². The third-order valence-corrected chi connectivity index (χ3v) is 3.33. The minimum absolute atomic E-state index is 0.177. The first-order chi connectivity index (χ1) is 10.0. The highest BCUT2D eigenvalue weighted by Gasteiger charge is 2.08. The Morgan fingerprint density at radius 2 is 1.52 bits per heavy atom. The van der Waals surface area contributed by atoms with Crippen molar-refractivity contribution in [1.82, 2.24) is 0 Å². The molecule has 0 aliphatic rings. The first kappa shape index (κ1) is 14.8. The number of ether oxygens (including phenoxy) is 1. The van der Waals surface area contributed by atoms with Gasteiger partial charge in [-0.1, -0.05) is 6.07 Å². The topological polar surface area (TPSA) is 55.4 Å². The molecule has 108 valence electrons. The van der Waals surface area contributed by atoms with E-state index < -0.39 is 5.97 Å². The molecule has 21 heavy (non-hydrogen) atoms. The number of hydrogen-bond acceptors (Lipinski definition) is 3. The molecule has 0 aliphatic heterocycles. The van der Waals surface area contributed by atoms with Crippen molar-refractivity contribution < 1.29 is 14.3 Å². The van der Waals surface area contributed by atoms with Crippen molar-refractivity contribution in [3.63, 3.8) is 0 Å². The molecule has 0 heterocycles. The maximum Gasteiger partial charge on any atom is 0.337 e. The Morgan fingerprint density at radius 1 is 0.905 bits per heavy atom. The molecule has 0 aliphatic carbocycles. The average molecular weight is 283 g/mol. The second kappa shape index (κ2) is 6.22. The quantitative estimate of drug-likeness (QED) is 0.879. The standard InChI is InChI=1S/C17H17NO3/c1-11-4-5-14(10-12(11)2)16(19)18-15-8-6-13(7-9-15)17(20)21-3/h4-10H,1-3H3,(H,18,19). The largest absolute Gasteiger partial charge is 0.465 e. The number of hydrogen-bond donors (Lipinski definition) is 1. The molecule has 4 nitrogen and oxygen atoms in total. The Balaban J connectivity index is 2.12. The molecule has 0 radical (unpaired) electrons. The van der Waals surface area contributed by atoms with Crippen LogP contribution in [0.15, 0.2) is 42.5 Å². The maximum absolute atomic E-state index is 12.1. The fourth-order valence-electron chi connectivity index (χ4n) is 1.89. The lowest BCUT2D eigenvalue weighted by Gasteiger charge is -2.08. The normalized spacial score (nSPS) is 10.0. The van der Waals surface area contributed by atoms with E-state index >= 15 is 0 Å². The van der Waals surface area contributed by atoms with Crippen LogP contribution in [-0.4, -0.2) is 19.0 Å². The lowest BCUT2D eigenvalue weighted by Crippen LogP contribution is -2.12. The Labute approximate surface area is 123 Å². The van der Waals surface area contributed by atoms with Gasteiger partial charge in [0.2, 0.25) is 0 Å². The van der Waals surface area contributed by atoms with Gasteiger partial charge in [0, 0.05) is 11.3 Å². The average Bonchev–Trinajstić information content (AvgIpc) is 2.50. The van der Waals surface area contributed by atoms with Crippen LogP contribution >= 0.6 is 0 Å². The molecule has 1 N–H and O–H groups in total. The van der Waals surface area contributed by atoms with Crippen LogP contribution in [0.2, 0.25) is 0 Å². The first-order valence-electron chi connectivity index (χ1n) is 6.58. The molecule has 0 spiro atoms. The van der Waals surface area contributed by atoms with Crippen molar-refractivity contribution in [2.24, 2.45) is 0 Å². The van der Waals surface area contributed by atoms with Gasteiger partial charge in [-0.05, 0) is 61.4 Å². The van der Waals surface area contributed by atoms with Gasteiger partial charge in [-0.15, -0.1) is 0 Å². The summed E-state index contributed by atoms with van der Waals surface area (Å²) in [5.74, 6) is -0.578. The van der Waals surface area contributed by atoms with Crippen molar-refractivity contribution in [3.8, 4) is 0 Å². The van der Waals surface area contributed by atoms with E-state index in [2.05, 4.69) is 10.1 Å². The molecule has 0 bridgehead atoms. The predicted octanol–water partition coefficient (Wildman–Crippen LogP) is 3.34. The molecule has 0 saturated heterocycles. The van der Waals surface area contributed by atoms with E-state index in [0.717, 1.165) is 11.1 Å².